The number of benzene rings is 2. The summed E-state index contributed by atoms with van der Waals surface area (Å²) < 4.78 is 29.1. The molecule has 3 heterocycles. The smallest absolute Gasteiger partial charge is 0.171 e. The van der Waals surface area contributed by atoms with Gasteiger partial charge in [0.1, 0.15) is 18.5 Å². The van der Waals surface area contributed by atoms with E-state index >= 15 is 0 Å². The Bertz CT molecular complexity index is 1360. The zero-order valence-electron chi connectivity index (χ0n) is 19.0. The van der Waals surface area contributed by atoms with Gasteiger partial charge in [0.05, 0.1) is 11.0 Å². The van der Waals surface area contributed by atoms with Gasteiger partial charge in [0.15, 0.2) is 11.5 Å². The molecule has 4 aromatic rings. The summed E-state index contributed by atoms with van der Waals surface area (Å²) >= 11 is 0. The van der Waals surface area contributed by atoms with Crippen LogP contribution >= 0.6 is 0 Å². The highest BCUT2D eigenvalue weighted by atomic mass is 19.1. The Balaban J connectivity index is 1.12. The number of pyridine rings is 1. The van der Waals surface area contributed by atoms with Crippen molar-refractivity contribution in [2.75, 3.05) is 19.7 Å². The van der Waals surface area contributed by atoms with Gasteiger partial charge >= 0.3 is 0 Å². The van der Waals surface area contributed by atoms with Crippen LogP contribution in [0.4, 0.5) is 4.39 Å². The molecule has 33 heavy (non-hydrogen) atoms. The van der Waals surface area contributed by atoms with Crippen LogP contribution in [-0.2, 0) is 19.9 Å². The van der Waals surface area contributed by atoms with E-state index in [9.17, 15) is 4.39 Å². The number of hydrogen-bond donors (Lipinski definition) is 1. The van der Waals surface area contributed by atoms with E-state index in [-0.39, 0.29) is 11.9 Å². The van der Waals surface area contributed by atoms with Crippen LogP contribution in [0.2, 0.25) is 0 Å². The second-order valence-corrected chi connectivity index (χ2v) is 9.35. The Kier molecular flexibility index (Phi) is 4.98. The van der Waals surface area contributed by atoms with Gasteiger partial charge in [-0.3, -0.25) is 4.98 Å². The second-order valence-electron chi connectivity index (χ2n) is 9.35. The molecule has 6 rings (SSSR count). The third-order valence-electron chi connectivity index (χ3n) is 7.13. The molecule has 0 radical (unpaired) electrons. The lowest BCUT2D eigenvalue weighted by Crippen LogP contribution is -2.40. The van der Waals surface area contributed by atoms with Crippen LogP contribution in [0.3, 0.4) is 0 Å². The lowest BCUT2D eigenvalue weighted by atomic mass is 9.86. The predicted octanol–water partition coefficient (Wildman–Crippen LogP) is 4.71. The number of hydrogen-bond acceptors (Lipinski definition) is 4. The van der Waals surface area contributed by atoms with Crippen molar-refractivity contribution in [3.63, 3.8) is 0 Å². The van der Waals surface area contributed by atoms with Gasteiger partial charge in [-0.25, -0.2) is 4.39 Å². The van der Waals surface area contributed by atoms with Crippen molar-refractivity contribution in [3.05, 3.63) is 65.2 Å². The van der Waals surface area contributed by atoms with Crippen molar-refractivity contribution in [1.29, 1.82) is 0 Å². The largest absolute Gasteiger partial charge is 0.486 e. The van der Waals surface area contributed by atoms with Crippen LogP contribution in [0, 0.1) is 18.7 Å². The summed E-state index contributed by atoms with van der Waals surface area (Å²) in [7, 11) is 2.05. The third kappa shape index (κ3) is 3.53. The molecule has 0 spiro atoms. The first-order chi connectivity index (χ1) is 16.1. The summed E-state index contributed by atoms with van der Waals surface area (Å²) in [6, 6.07) is 13.4. The van der Waals surface area contributed by atoms with Crippen LogP contribution in [-0.4, -0.2) is 35.4 Å². The van der Waals surface area contributed by atoms with E-state index in [0.29, 0.717) is 19.1 Å². The second kappa shape index (κ2) is 8.03. The van der Waals surface area contributed by atoms with Crippen LogP contribution in [0.5, 0.6) is 11.5 Å². The van der Waals surface area contributed by atoms with Crippen LogP contribution in [0.15, 0.2) is 42.5 Å². The molecule has 5 nitrogen and oxygen atoms in total. The fourth-order valence-electron chi connectivity index (χ4n) is 5.45. The fraction of sp³-hybridized carbons (Fsp3) is 0.370. The standard InChI is InChI=1S/C27H28FN3O2/c1-16-6-8-19-22(30-16)9-11-25-27(19)33-18(15-32-25)14-29-13-17-7-10-23-20(12-17)26-21(28)4-3-5-24(26)31(23)2/h3-6,8-9,11,17-18,29H,7,10,12-15H2,1-2H3/t17?,18-/m0/s1. The Morgan fingerprint density at radius 2 is 2.06 bits per heavy atom. The van der Waals surface area contributed by atoms with Crippen molar-refractivity contribution in [3.8, 4) is 11.5 Å². The lowest BCUT2D eigenvalue weighted by Gasteiger charge is -2.29. The Hall–Kier alpha value is -3.12. The predicted molar refractivity (Wildman–Crippen MR) is 128 cm³/mol. The Morgan fingerprint density at radius 1 is 1.15 bits per heavy atom. The average Bonchev–Trinajstić information content (AvgIpc) is 3.11. The lowest BCUT2D eigenvalue weighted by molar-refractivity contribution is 0.0915. The van der Waals surface area contributed by atoms with E-state index in [1.54, 1.807) is 12.1 Å². The van der Waals surface area contributed by atoms with Crippen LogP contribution in [0.1, 0.15) is 23.4 Å². The molecule has 0 amide bonds. The molecule has 0 saturated heterocycles. The summed E-state index contributed by atoms with van der Waals surface area (Å²) in [5.74, 6) is 1.93. The van der Waals surface area contributed by atoms with Gasteiger partial charge in [-0.05, 0) is 80.6 Å². The number of rotatable bonds is 4. The number of nitrogens with zero attached hydrogens (tertiary/aromatic N) is 2. The molecule has 1 aliphatic heterocycles. The molecule has 2 aromatic heterocycles. The van der Waals surface area contributed by atoms with Gasteiger partial charge in [0.25, 0.3) is 0 Å². The Morgan fingerprint density at radius 3 is 2.97 bits per heavy atom. The molecule has 2 aromatic carbocycles. The molecule has 1 unspecified atom stereocenters. The number of aryl methyl sites for hydroxylation is 2. The summed E-state index contributed by atoms with van der Waals surface area (Å²) in [5.41, 5.74) is 5.37. The number of halogens is 1. The maximum absolute atomic E-state index is 14.6. The van der Waals surface area contributed by atoms with Crippen molar-refractivity contribution >= 4 is 21.8 Å². The molecule has 2 aliphatic rings. The number of fused-ring (bicyclic) bond motifs is 6. The van der Waals surface area contributed by atoms with E-state index in [1.165, 1.54) is 11.3 Å². The highest BCUT2D eigenvalue weighted by molar-refractivity contribution is 5.88. The van der Waals surface area contributed by atoms with E-state index in [2.05, 4.69) is 28.0 Å². The van der Waals surface area contributed by atoms with Crippen molar-refractivity contribution in [2.24, 2.45) is 13.0 Å². The molecule has 0 saturated carbocycles. The maximum atomic E-state index is 14.6. The monoisotopic (exact) mass is 445 g/mol. The molecule has 6 heteroatoms. The minimum atomic E-state index is -0.110. The van der Waals surface area contributed by atoms with Gasteiger partial charge < -0.3 is 19.4 Å². The summed E-state index contributed by atoms with van der Waals surface area (Å²) in [4.78, 5) is 4.60. The average molecular weight is 446 g/mol. The summed E-state index contributed by atoms with van der Waals surface area (Å²) in [6.45, 7) is 4.10. The van der Waals surface area contributed by atoms with Crippen LogP contribution < -0.4 is 14.8 Å². The summed E-state index contributed by atoms with van der Waals surface area (Å²) in [5, 5.41) is 5.38. The molecule has 1 aliphatic carbocycles. The zero-order chi connectivity index (χ0) is 22.5. The topological polar surface area (TPSA) is 48.3 Å². The van der Waals surface area contributed by atoms with E-state index < -0.39 is 0 Å². The van der Waals surface area contributed by atoms with E-state index in [4.69, 9.17) is 9.47 Å². The molecule has 2 atom stereocenters. The van der Waals surface area contributed by atoms with E-state index in [0.717, 1.165) is 64.8 Å². The molecule has 170 valence electrons. The normalized spacial score (nSPS) is 19.7. The first-order valence-corrected chi connectivity index (χ1v) is 11.7. The first kappa shape index (κ1) is 20.5. The van der Waals surface area contributed by atoms with Crippen LogP contribution in [0.25, 0.3) is 21.8 Å². The van der Waals surface area contributed by atoms with Gasteiger partial charge in [-0.1, -0.05) is 6.07 Å². The zero-order valence-corrected chi connectivity index (χ0v) is 19.0. The number of ether oxygens (including phenoxy) is 2. The maximum Gasteiger partial charge on any atom is 0.171 e. The molecule has 0 fully saturated rings. The quantitative estimate of drug-likeness (QED) is 0.494. The highest BCUT2D eigenvalue weighted by Gasteiger charge is 2.27. The fourth-order valence-corrected chi connectivity index (χ4v) is 5.45. The third-order valence-corrected chi connectivity index (χ3v) is 7.13. The highest BCUT2D eigenvalue weighted by Crippen LogP contribution is 2.38. The van der Waals surface area contributed by atoms with Gasteiger partial charge in [-0.15, -0.1) is 0 Å². The van der Waals surface area contributed by atoms with Gasteiger partial charge in [0.2, 0.25) is 0 Å². The number of aromatic nitrogens is 2. The minimum absolute atomic E-state index is 0.0569. The molecular formula is C27H28FN3O2. The first-order valence-electron chi connectivity index (χ1n) is 11.7. The van der Waals surface area contributed by atoms with Crippen molar-refractivity contribution in [1.82, 2.24) is 14.9 Å². The SMILES string of the molecule is Cc1ccc2c3c(ccc2n1)OC[C@H](CNCC1CCc2c(c4c(F)cccc4n2C)C1)O3. The summed E-state index contributed by atoms with van der Waals surface area (Å²) in [6.07, 6.45) is 2.94. The number of nitrogens with one attached hydrogen (secondary N) is 1. The van der Waals surface area contributed by atoms with E-state index in [1.807, 2.05) is 31.2 Å². The van der Waals surface area contributed by atoms with Gasteiger partial charge in [0, 0.05) is 35.8 Å². The van der Waals surface area contributed by atoms with Gasteiger partial charge in [-0.2, -0.15) is 0 Å². The minimum Gasteiger partial charge on any atom is -0.486 e. The molecule has 1 N–H and O–H groups in total. The Labute approximate surface area is 192 Å². The van der Waals surface area contributed by atoms with Crippen molar-refractivity contribution in [2.45, 2.75) is 32.3 Å². The molecular weight excluding hydrogens is 417 g/mol. The molecule has 0 bridgehead atoms. The van der Waals surface area contributed by atoms with Crippen molar-refractivity contribution < 1.29 is 13.9 Å².